The predicted molar refractivity (Wildman–Crippen MR) is 104 cm³/mol. The van der Waals surface area contributed by atoms with Gasteiger partial charge in [0.25, 0.3) is 0 Å². The fourth-order valence-electron chi connectivity index (χ4n) is 0.760. The van der Waals surface area contributed by atoms with E-state index in [1.54, 1.807) is 4.90 Å². The van der Waals surface area contributed by atoms with Gasteiger partial charge in [-0.15, -0.1) is 0 Å². The van der Waals surface area contributed by atoms with Crippen molar-refractivity contribution < 1.29 is 102 Å². The van der Waals surface area contributed by atoms with Crippen molar-refractivity contribution >= 4 is 23.9 Å². The van der Waals surface area contributed by atoms with Crippen LogP contribution >= 0.6 is 0 Å². The number of rotatable bonds is 10. The normalized spacial score (nSPS) is 12.5. The van der Waals surface area contributed by atoms with Gasteiger partial charge in [0, 0.05) is 19.6 Å². The Morgan fingerprint density at radius 1 is 0.543 bits per heavy atom. The summed E-state index contributed by atoms with van der Waals surface area (Å²) in [6.45, 7) is 6.29. The van der Waals surface area contributed by atoms with Crippen LogP contribution in [0.5, 0.6) is 0 Å². The molecule has 0 amide bonds. The number of carbonyl (C=O) groups excluding carboxylic acids is 4. The Hall–Kier alpha value is -1.56. The first-order chi connectivity index (χ1) is 15.4. The molecule has 16 nitrogen and oxygen atoms in total. The molecule has 206 valence electrons. The average molecular weight is 597 g/mol. The van der Waals surface area contributed by atoms with Crippen LogP contribution in [0.15, 0.2) is 0 Å². The average Bonchev–Trinajstić information content (AvgIpc) is 2.70. The molecule has 0 aromatic heterocycles. The van der Waals surface area contributed by atoms with Gasteiger partial charge in [0.15, 0.2) is 0 Å². The molecule has 0 bridgehead atoms. The van der Waals surface area contributed by atoms with Crippen LogP contribution in [0.1, 0.15) is 27.7 Å². The molecule has 0 aromatic carbocycles. The van der Waals surface area contributed by atoms with Crippen molar-refractivity contribution in [1.82, 2.24) is 4.90 Å². The Kier molecular flexibility index (Phi) is 43.3. The molecular formula is C18H35NO15Zr. The van der Waals surface area contributed by atoms with Crippen molar-refractivity contribution in [3.8, 4) is 0 Å². The maximum Gasteiger partial charge on any atom is 4.00 e. The quantitative estimate of drug-likeness (QED) is 0.123. The number of aliphatic carboxylic acids is 4. The van der Waals surface area contributed by atoms with Crippen molar-refractivity contribution in [3.63, 3.8) is 0 Å². The molecule has 0 aliphatic carbocycles. The minimum absolute atomic E-state index is 0. The SMILES string of the molecule is CC(O)C(=O)[O-].CC(O)C(=O)[O-].CC(O)C(=O)[O-].CC(O)C(=O)[O-].OCCN(CCO)CCO.[Zr+4]. The Bertz CT molecular complexity index is 430. The van der Waals surface area contributed by atoms with E-state index in [2.05, 4.69) is 0 Å². The number of hydrogen-bond acceptors (Lipinski definition) is 16. The van der Waals surface area contributed by atoms with Gasteiger partial charge in [0.05, 0.1) is 68.1 Å². The van der Waals surface area contributed by atoms with Crippen LogP contribution in [0.3, 0.4) is 0 Å². The van der Waals surface area contributed by atoms with E-state index in [9.17, 15) is 39.6 Å². The van der Waals surface area contributed by atoms with Gasteiger partial charge in [-0.05, 0) is 27.7 Å². The second kappa shape index (κ2) is 32.4. The van der Waals surface area contributed by atoms with Crippen molar-refractivity contribution in [2.24, 2.45) is 0 Å². The van der Waals surface area contributed by atoms with Gasteiger partial charge in [-0.3, -0.25) is 4.90 Å². The molecule has 0 saturated carbocycles. The minimum atomic E-state index is -1.44. The van der Waals surface area contributed by atoms with Crippen LogP contribution in [-0.2, 0) is 45.4 Å². The van der Waals surface area contributed by atoms with E-state index >= 15 is 0 Å². The molecule has 4 atom stereocenters. The van der Waals surface area contributed by atoms with Crippen LogP contribution in [0.25, 0.3) is 0 Å². The second-order valence-corrected chi connectivity index (χ2v) is 5.99. The first-order valence-electron chi connectivity index (χ1n) is 9.53. The smallest absolute Gasteiger partial charge is 0.547 e. The number of carbonyl (C=O) groups is 4. The number of carboxylic acid groups (broad SMARTS) is 4. The molecule has 35 heavy (non-hydrogen) atoms. The zero-order valence-corrected chi connectivity index (χ0v) is 22.4. The van der Waals surface area contributed by atoms with Gasteiger partial charge in [0.2, 0.25) is 0 Å². The molecule has 4 unspecified atom stereocenters. The second-order valence-electron chi connectivity index (χ2n) is 5.99. The Morgan fingerprint density at radius 2 is 0.657 bits per heavy atom. The van der Waals surface area contributed by atoms with Crippen LogP contribution < -0.4 is 20.4 Å². The summed E-state index contributed by atoms with van der Waals surface area (Å²) >= 11 is 0. The Morgan fingerprint density at radius 3 is 0.714 bits per heavy atom. The van der Waals surface area contributed by atoms with E-state index in [4.69, 9.17) is 35.7 Å². The number of hydrogen-bond donors (Lipinski definition) is 7. The number of nitrogens with zero attached hydrogens (tertiary/aromatic N) is 1. The van der Waals surface area contributed by atoms with Gasteiger partial charge in [-0.1, -0.05) is 0 Å². The van der Waals surface area contributed by atoms with Gasteiger partial charge >= 0.3 is 26.2 Å². The van der Waals surface area contributed by atoms with Crippen LogP contribution in [0.4, 0.5) is 0 Å². The molecule has 0 fully saturated rings. The topological polar surface area (TPSA) is 305 Å². The molecule has 0 radical (unpaired) electrons. The molecule has 0 aliphatic rings. The third-order valence-electron chi connectivity index (χ3n) is 2.61. The molecule has 7 N–H and O–H groups in total. The summed E-state index contributed by atoms with van der Waals surface area (Å²) in [5.41, 5.74) is 0. The summed E-state index contributed by atoms with van der Waals surface area (Å²) in [7, 11) is 0. The third kappa shape index (κ3) is 54.7. The summed E-state index contributed by atoms with van der Waals surface area (Å²) in [5.74, 6) is -5.74. The maximum atomic E-state index is 9.34. The van der Waals surface area contributed by atoms with E-state index in [0.717, 1.165) is 27.7 Å². The number of carboxylic acids is 4. The minimum Gasteiger partial charge on any atom is -0.547 e. The molecule has 0 rings (SSSR count). The molecule has 0 aromatic rings. The zero-order chi connectivity index (χ0) is 28.4. The fourth-order valence-corrected chi connectivity index (χ4v) is 0.760. The van der Waals surface area contributed by atoms with E-state index in [1.807, 2.05) is 0 Å². The monoisotopic (exact) mass is 595 g/mol. The van der Waals surface area contributed by atoms with Crippen LogP contribution in [-0.4, -0.2) is 128 Å². The van der Waals surface area contributed by atoms with E-state index in [0.29, 0.717) is 19.6 Å². The molecular weight excluding hydrogens is 561 g/mol. The van der Waals surface area contributed by atoms with Gasteiger partial charge in [0.1, 0.15) is 0 Å². The molecule has 0 aliphatic heterocycles. The first kappa shape index (κ1) is 46.7. The summed E-state index contributed by atoms with van der Waals surface area (Å²) in [4.78, 5) is 39.1. The Labute approximate surface area is 221 Å². The maximum absolute atomic E-state index is 9.34. The van der Waals surface area contributed by atoms with Crippen LogP contribution in [0.2, 0.25) is 0 Å². The van der Waals surface area contributed by atoms with Crippen molar-refractivity contribution in [2.75, 3.05) is 39.5 Å². The van der Waals surface area contributed by atoms with E-state index in [-0.39, 0.29) is 46.0 Å². The van der Waals surface area contributed by atoms with Crippen LogP contribution in [0, 0.1) is 0 Å². The zero-order valence-electron chi connectivity index (χ0n) is 19.9. The summed E-state index contributed by atoms with van der Waals surface area (Å²) < 4.78 is 0. The van der Waals surface area contributed by atoms with Gasteiger partial charge < -0.3 is 75.3 Å². The third-order valence-corrected chi connectivity index (χ3v) is 2.61. The van der Waals surface area contributed by atoms with Crippen molar-refractivity contribution in [2.45, 2.75) is 52.1 Å². The van der Waals surface area contributed by atoms with Crippen molar-refractivity contribution in [1.29, 1.82) is 0 Å². The first-order valence-corrected chi connectivity index (χ1v) is 9.53. The van der Waals surface area contributed by atoms with E-state index in [1.165, 1.54) is 0 Å². The predicted octanol–water partition coefficient (Wildman–Crippen LogP) is -9.27. The summed E-state index contributed by atoms with van der Waals surface area (Å²) in [6.07, 6.45) is -5.37. The molecule has 0 saturated heterocycles. The number of aliphatic hydroxyl groups is 7. The summed E-state index contributed by atoms with van der Waals surface area (Å²) in [5, 5.41) is 94.7. The van der Waals surface area contributed by atoms with E-state index < -0.39 is 48.3 Å². The van der Waals surface area contributed by atoms with Gasteiger partial charge in [-0.2, -0.15) is 0 Å². The summed E-state index contributed by atoms with van der Waals surface area (Å²) in [6, 6.07) is 0. The fraction of sp³-hybridized carbons (Fsp3) is 0.778. The standard InChI is InChI=1S/C6H15NO3.4C3H6O3.Zr/c8-4-1-7(2-5-9)3-6-10;4*1-2(4)3(5)6;/h8-10H,1-6H2;4*2,4H,1H3,(H,5,6);/q;;;;;+4/p-4. The largest absolute Gasteiger partial charge is 4.00 e. The molecule has 17 heteroatoms. The Balaban J connectivity index is -0.0000000761. The number of aliphatic hydroxyl groups excluding tert-OH is 7. The molecule has 0 heterocycles. The molecule has 0 spiro atoms. The van der Waals surface area contributed by atoms with Gasteiger partial charge in [-0.25, -0.2) is 0 Å². The van der Waals surface area contributed by atoms with Crippen molar-refractivity contribution in [3.05, 3.63) is 0 Å².